The number of aliphatic carboxylic acids is 1. The largest absolute Gasteiger partial charge is 0.481 e. The molecule has 0 radical (unpaired) electrons. The first-order valence-electron chi connectivity index (χ1n) is 8.49. The molecular weight excluding hydrogens is 318 g/mol. The smallest absolute Gasteiger partial charge is 0.306 e. The molecule has 1 N–H and O–H groups in total. The van der Waals surface area contributed by atoms with Crippen LogP contribution in [-0.2, 0) is 4.79 Å². The molecule has 128 valence electrons. The number of carboxylic acid groups (broad SMARTS) is 1. The average Bonchev–Trinajstić information content (AvgIpc) is 2.98. The van der Waals surface area contributed by atoms with Gasteiger partial charge in [0.15, 0.2) is 5.76 Å². The molecule has 5 heteroatoms. The number of hydrogen-bond acceptors (Lipinski definition) is 3. The van der Waals surface area contributed by atoms with E-state index in [0.717, 1.165) is 27.3 Å². The van der Waals surface area contributed by atoms with E-state index in [-0.39, 0.29) is 11.8 Å². The van der Waals surface area contributed by atoms with Crippen molar-refractivity contribution in [2.45, 2.75) is 19.8 Å². The topological polar surface area (TPSA) is 70.8 Å². The van der Waals surface area contributed by atoms with Gasteiger partial charge < -0.3 is 14.4 Å². The van der Waals surface area contributed by atoms with Gasteiger partial charge in [0.25, 0.3) is 5.91 Å². The number of aryl methyl sites for hydroxylation is 1. The Kier molecular flexibility index (Phi) is 3.71. The highest BCUT2D eigenvalue weighted by Gasteiger charge is 2.30. The van der Waals surface area contributed by atoms with Gasteiger partial charge in [0.2, 0.25) is 0 Å². The predicted octanol–water partition coefficient (Wildman–Crippen LogP) is 3.83. The fraction of sp³-hybridized carbons (Fsp3) is 0.300. The third-order valence-corrected chi connectivity index (χ3v) is 5.15. The first-order valence-corrected chi connectivity index (χ1v) is 8.49. The van der Waals surface area contributed by atoms with E-state index >= 15 is 0 Å². The molecule has 0 saturated carbocycles. The van der Waals surface area contributed by atoms with Crippen molar-refractivity contribution in [2.75, 3.05) is 13.1 Å². The van der Waals surface area contributed by atoms with Gasteiger partial charge in [0, 0.05) is 29.4 Å². The molecule has 1 saturated heterocycles. The molecule has 0 unspecified atom stereocenters. The number of carboxylic acids is 1. The fourth-order valence-electron chi connectivity index (χ4n) is 3.63. The third-order valence-electron chi connectivity index (χ3n) is 5.15. The first-order chi connectivity index (χ1) is 12.1. The Labute approximate surface area is 144 Å². The zero-order valence-electron chi connectivity index (χ0n) is 14.0. The second-order valence-electron chi connectivity index (χ2n) is 6.62. The predicted molar refractivity (Wildman–Crippen MR) is 94.7 cm³/mol. The second kappa shape index (κ2) is 5.92. The van der Waals surface area contributed by atoms with Crippen molar-refractivity contribution in [1.29, 1.82) is 0 Å². The Morgan fingerprint density at radius 3 is 2.52 bits per heavy atom. The van der Waals surface area contributed by atoms with E-state index in [1.807, 2.05) is 43.3 Å². The quantitative estimate of drug-likeness (QED) is 0.771. The van der Waals surface area contributed by atoms with Crippen molar-refractivity contribution in [3.8, 4) is 0 Å². The van der Waals surface area contributed by atoms with Gasteiger partial charge in [-0.15, -0.1) is 0 Å². The number of benzene rings is 2. The second-order valence-corrected chi connectivity index (χ2v) is 6.62. The lowest BCUT2D eigenvalue weighted by Crippen LogP contribution is -2.40. The molecule has 3 aromatic rings. The molecule has 5 nitrogen and oxygen atoms in total. The summed E-state index contributed by atoms with van der Waals surface area (Å²) < 4.78 is 5.99. The molecule has 2 heterocycles. The van der Waals surface area contributed by atoms with Crippen LogP contribution in [0.25, 0.3) is 21.7 Å². The van der Waals surface area contributed by atoms with Gasteiger partial charge >= 0.3 is 5.97 Å². The van der Waals surface area contributed by atoms with Crippen LogP contribution >= 0.6 is 0 Å². The van der Waals surface area contributed by atoms with E-state index in [9.17, 15) is 9.59 Å². The van der Waals surface area contributed by atoms with Gasteiger partial charge in [-0.3, -0.25) is 9.59 Å². The summed E-state index contributed by atoms with van der Waals surface area (Å²) in [4.78, 5) is 25.7. The number of rotatable bonds is 2. The van der Waals surface area contributed by atoms with Gasteiger partial charge in [0.05, 0.1) is 5.92 Å². The summed E-state index contributed by atoms with van der Waals surface area (Å²) in [5, 5.41) is 12.1. The number of amides is 1. The lowest BCUT2D eigenvalue weighted by atomic mass is 9.97. The average molecular weight is 337 g/mol. The monoisotopic (exact) mass is 337 g/mol. The first kappa shape index (κ1) is 15.7. The van der Waals surface area contributed by atoms with Crippen LogP contribution in [0.15, 0.2) is 40.8 Å². The molecule has 4 rings (SSSR count). The van der Waals surface area contributed by atoms with Crippen LogP contribution < -0.4 is 0 Å². The summed E-state index contributed by atoms with van der Waals surface area (Å²) in [7, 11) is 0. The fourth-order valence-corrected chi connectivity index (χ4v) is 3.63. The van der Waals surface area contributed by atoms with Crippen LogP contribution in [0.3, 0.4) is 0 Å². The van der Waals surface area contributed by atoms with Crippen molar-refractivity contribution in [1.82, 2.24) is 4.90 Å². The number of nitrogens with zero attached hydrogens (tertiary/aromatic N) is 1. The Balaban J connectivity index is 1.70. The highest BCUT2D eigenvalue weighted by atomic mass is 16.4. The van der Waals surface area contributed by atoms with Gasteiger partial charge in [-0.05, 0) is 25.2 Å². The minimum absolute atomic E-state index is 0.151. The number of carbonyl (C=O) groups is 2. The zero-order valence-corrected chi connectivity index (χ0v) is 14.0. The number of likely N-dealkylation sites (tertiary alicyclic amines) is 1. The standard InChI is InChI=1S/C20H19NO4/c1-12-15-7-6-13-4-2-3-5-16(13)18(15)25-17(12)19(22)21-10-8-14(9-11-21)20(23)24/h2-7,14H,8-11H2,1H3,(H,23,24). The molecule has 0 spiro atoms. The van der Waals surface area contributed by atoms with Crippen molar-refractivity contribution in [2.24, 2.45) is 5.92 Å². The Morgan fingerprint density at radius 1 is 1.08 bits per heavy atom. The van der Waals surface area contributed by atoms with Crippen LogP contribution in [-0.4, -0.2) is 35.0 Å². The molecule has 0 bridgehead atoms. The minimum Gasteiger partial charge on any atom is -0.481 e. The minimum atomic E-state index is -0.779. The molecule has 0 atom stereocenters. The van der Waals surface area contributed by atoms with Crippen molar-refractivity contribution >= 4 is 33.6 Å². The zero-order chi connectivity index (χ0) is 17.6. The van der Waals surface area contributed by atoms with Crippen molar-refractivity contribution in [3.05, 3.63) is 47.7 Å². The lowest BCUT2D eigenvalue weighted by molar-refractivity contribution is -0.143. The summed E-state index contributed by atoms with van der Waals surface area (Å²) >= 11 is 0. The number of fused-ring (bicyclic) bond motifs is 3. The van der Waals surface area contributed by atoms with Gasteiger partial charge in [-0.25, -0.2) is 0 Å². The van der Waals surface area contributed by atoms with Gasteiger partial charge in [-0.1, -0.05) is 36.4 Å². The summed E-state index contributed by atoms with van der Waals surface area (Å²) in [6, 6.07) is 12.0. The Bertz CT molecular complexity index is 980. The molecule has 1 aliphatic rings. The number of piperidine rings is 1. The van der Waals surface area contributed by atoms with Gasteiger partial charge in [0.1, 0.15) is 5.58 Å². The number of carbonyl (C=O) groups excluding carboxylic acids is 1. The lowest BCUT2D eigenvalue weighted by Gasteiger charge is -2.29. The summed E-state index contributed by atoms with van der Waals surface area (Å²) in [5.74, 6) is -0.926. The van der Waals surface area contributed by atoms with Crippen LogP contribution in [0.1, 0.15) is 29.0 Å². The van der Waals surface area contributed by atoms with Crippen LogP contribution in [0, 0.1) is 12.8 Å². The molecule has 0 aliphatic carbocycles. The molecule has 1 amide bonds. The van der Waals surface area contributed by atoms with E-state index in [1.54, 1.807) is 4.90 Å². The van der Waals surface area contributed by atoms with E-state index < -0.39 is 5.97 Å². The molecule has 1 aromatic heterocycles. The Morgan fingerprint density at radius 2 is 1.80 bits per heavy atom. The Hall–Kier alpha value is -2.82. The van der Waals surface area contributed by atoms with Gasteiger partial charge in [-0.2, -0.15) is 0 Å². The van der Waals surface area contributed by atoms with Crippen molar-refractivity contribution < 1.29 is 19.1 Å². The van der Waals surface area contributed by atoms with Crippen LogP contribution in [0.4, 0.5) is 0 Å². The molecule has 1 aliphatic heterocycles. The third kappa shape index (κ3) is 2.56. The maximum absolute atomic E-state index is 12.9. The van der Waals surface area contributed by atoms with Crippen LogP contribution in [0.5, 0.6) is 0 Å². The van der Waals surface area contributed by atoms with E-state index in [1.165, 1.54) is 0 Å². The maximum Gasteiger partial charge on any atom is 0.306 e. The summed E-state index contributed by atoms with van der Waals surface area (Å²) in [5.41, 5.74) is 1.57. The molecule has 1 fully saturated rings. The molecular formula is C20H19NO4. The SMILES string of the molecule is Cc1c(C(=O)N2CCC(C(=O)O)CC2)oc2c1ccc1ccccc12. The molecule has 25 heavy (non-hydrogen) atoms. The van der Waals surface area contributed by atoms with Crippen molar-refractivity contribution in [3.63, 3.8) is 0 Å². The number of furan rings is 1. The highest BCUT2D eigenvalue weighted by Crippen LogP contribution is 2.32. The molecule has 2 aromatic carbocycles. The summed E-state index contributed by atoms with van der Waals surface area (Å²) in [6.07, 6.45) is 0.979. The normalized spacial score (nSPS) is 15.8. The van der Waals surface area contributed by atoms with E-state index in [4.69, 9.17) is 9.52 Å². The van der Waals surface area contributed by atoms with E-state index in [2.05, 4.69) is 0 Å². The number of hydrogen-bond donors (Lipinski definition) is 1. The highest BCUT2D eigenvalue weighted by molar-refractivity contribution is 6.08. The maximum atomic E-state index is 12.9. The van der Waals surface area contributed by atoms with Crippen LogP contribution in [0.2, 0.25) is 0 Å². The summed E-state index contributed by atoms with van der Waals surface area (Å²) in [6.45, 7) is 2.80. The van der Waals surface area contributed by atoms with E-state index in [0.29, 0.717) is 31.7 Å².